The predicted molar refractivity (Wildman–Crippen MR) is 91.7 cm³/mol. The number of amides is 1. The summed E-state index contributed by atoms with van der Waals surface area (Å²) in [5.74, 6) is 0.425. The summed E-state index contributed by atoms with van der Waals surface area (Å²) in [6, 6.07) is 12.9. The summed E-state index contributed by atoms with van der Waals surface area (Å²) in [4.78, 5) is 24.6. The second-order valence-corrected chi connectivity index (χ2v) is 5.62. The molecule has 0 saturated carbocycles. The largest absolute Gasteiger partial charge is 0.427 e. The van der Waals surface area contributed by atoms with E-state index in [0.29, 0.717) is 22.8 Å². The van der Waals surface area contributed by atoms with E-state index >= 15 is 0 Å². The molecular weight excluding hydrogens is 306 g/mol. The van der Waals surface area contributed by atoms with Crippen molar-refractivity contribution >= 4 is 29.6 Å². The van der Waals surface area contributed by atoms with E-state index in [0.717, 1.165) is 11.1 Å². The van der Waals surface area contributed by atoms with Gasteiger partial charge in [-0.05, 0) is 36.8 Å². The fourth-order valence-corrected chi connectivity index (χ4v) is 2.47. The van der Waals surface area contributed by atoms with E-state index in [1.165, 1.54) is 11.8 Å². The van der Waals surface area contributed by atoms with Gasteiger partial charge in [0.1, 0.15) is 11.5 Å². The zero-order valence-corrected chi connectivity index (χ0v) is 13.7. The number of carbonyl (C=O) groups excluding carboxylic acids is 2. The van der Waals surface area contributed by atoms with Crippen molar-refractivity contribution in [3.63, 3.8) is 0 Å². The molecule has 0 unspecified atom stereocenters. The lowest BCUT2D eigenvalue weighted by atomic mass is 10.1. The normalized spacial score (nSPS) is 15.0. The molecule has 1 aliphatic rings. The van der Waals surface area contributed by atoms with Crippen molar-refractivity contribution < 1.29 is 19.1 Å². The number of hydrogen-bond donors (Lipinski definition) is 0. The van der Waals surface area contributed by atoms with Crippen LogP contribution in [0.2, 0.25) is 0 Å². The summed E-state index contributed by atoms with van der Waals surface area (Å²) in [5, 5.41) is 0. The molecule has 2 aromatic rings. The molecule has 0 atom stereocenters. The third-order valence-electron chi connectivity index (χ3n) is 3.70. The first-order valence-electron chi connectivity index (χ1n) is 7.51. The number of nitrogens with zero attached hydrogens (tertiary/aromatic N) is 1. The summed E-state index contributed by atoms with van der Waals surface area (Å²) in [5.41, 5.74) is 3.45. The van der Waals surface area contributed by atoms with Crippen LogP contribution in [-0.4, -0.2) is 19.1 Å². The maximum absolute atomic E-state index is 12.1. The number of carbonyl (C=O) groups is 2. The highest BCUT2D eigenvalue weighted by molar-refractivity contribution is 6.01. The van der Waals surface area contributed by atoms with Crippen LogP contribution in [0.3, 0.4) is 0 Å². The van der Waals surface area contributed by atoms with Gasteiger partial charge in [-0.3, -0.25) is 9.69 Å². The van der Waals surface area contributed by atoms with Crippen LogP contribution in [0.5, 0.6) is 5.75 Å². The van der Waals surface area contributed by atoms with Gasteiger partial charge in [-0.1, -0.05) is 29.8 Å². The molecule has 5 heteroatoms. The zero-order valence-electron chi connectivity index (χ0n) is 13.7. The van der Waals surface area contributed by atoms with Gasteiger partial charge in [0.05, 0.1) is 5.69 Å². The minimum absolute atomic E-state index is 0.403. The number of ether oxygens (including phenoxy) is 2. The molecule has 3 rings (SSSR count). The van der Waals surface area contributed by atoms with Gasteiger partial charge in [0.2, 0.25) is 0 Å². The highest BCUT2D eigenvalue weighted by Crippen LogP contribution is 2.36. The molecule has 0 saturated heterocycles. The maximum Gasteiger partial charge on any atom is 0.419 e. The second-order valence-electron chi connectivity index (χ2n) is 5.62. The van der Waals surface area contributed by atoms with E-state index in [4.69, 9.17) is 9.47 Å². The summed E-state index contributed by atoms with van der Waals surface area (Å²) >= 11 is 0. The van der Waals surface area contributed by atoms with Gasteiger partial charge in [0, 0.05) is 19.5 Å². The molecule has 0 N–H and O–H groups in total. The first-order chi connectivity index (χ1) is 11.4. The average Bonchev–Trinajstić information content (AvgIpc) is 2.54. The Hall–Kier alpha value is -3.08. The number of anilines is 1. The SMILES string of the molecule is CC(=O)Oc1ccc2c(c1)/C(=C/c1ccc(C)cc1)OC(=O)N2C. The molecule has 122 valence electrons. The minimum atomic E-state index is -0.457. The van der Waals surface area contributed by atoms with Crippen LogP contribution < -0.4 is 9.64 Å². The topological polar surface area (TPSA) is 55.8 Å². The van der Waals surface area contributed by atoms with E-state index in [1.54, 1.807) is 31.3 Å². The van der Waals surface area contributed by atoms with Crippen LogP contribution in [0.25, 0.3) is 11.8 Å². The van der Waals surface area contributed by atoms with Crippen molar-refractivity contribution in [3.05, 3.63) is 59.2 Å². The number of hydrogen-bond acceptors (Lipinski definition) is 4. The van der Waals surface area contributed by atoms with E-state index in [1.807, 2.05) is 31.2 Å². The lowest BCUT2D eigenvalue weighted by molar-refractivity contribution is -0.131. The van der Waals surface area contributed by atoms with Crippen molar-refractivity contribution in [2.24, 2.45) is 0 Å². The number of fused-ring (bicyclic) bond motifs is 1. The number of aryl methyl sites for hydroxylation is 1. The van der Waals surface area contributed by atoms with Crippen LogP contribution >= 0.6 is 0 Å². The third kappa shape index (κ3) is 3.15. The molecule has 0 aromatic heterocycles. The Morgan fingerprint density at radius 3 is 2.54 bits per heavy atom. The van der Waals surface area contributed by atoms with Gasteiger partial charge in [0.15, 0.2) is 0 Å². The molecular formula is C19H17NO4. The lowest BCUT2D eigenvalue weighted by Gasteiger charge is -2.27. The standard InChI is InChI=1S/C19H17NO4/c1-12-4-6-14(7-5-12)10-18-16-11-15(23-13(2)21)8-9-17(16)20(3)19(22)24-18/h4-11H,1-3H3/b18-10-. The van der Waals surface area contributed by atoms with Gasteiger partial charge in [-0.2, -0.15) is 0 Å². The summed E-state index contributed by atoms with van der Waals surface area (Å²) < 4.78 is 10.6. The van der Waals surface area contributed by atoms with Gasteiger partial charge < -0.3 is 9.47 Å². The Kier molecular flexibility index (Phi) is 4.08. The Bertz CT molecular complexity index is 837. The Morgan fingerprint density at radius 2 is 1.88 bits per heavy atom. The van der Waals surface area contributed by atoms with Crippen LogP contribution in [-0.2, 0) is 9.53 Å². The molecule has 1 aliphatic heterocycles. The van der Waals surface area contributed by atoms with Crippen molar-refractivity contribution in [1.82, 2.24) is 0 Å². The van der Waals surface area contributed by atoms with Crippen LogP contribution in [0, 0.1) is 6.92 Å². The molecule has 24 heavy (non-hydrogen) atoms. The van der Waals surface area contributed by atoms with Crippen molar-refractivity contribution in [2.75, 3.05) is 11.9 Å². The molecule has 0 spiro atoms. The maximum atomic E-state index is 12.1. The summed E-state index contributed by atoms with van der Waals surface area (Å²) in [6.07, 6.45) is 1.34. The predicted octanol–water partition coefficient (Wildman–Crippen LogP) is 4.00. The first kappa shape index (κ1) is 15.8. The highest BCUT2D eigenvalue weighted by atomic mass is 16.6. The van der Waals surface area contributed by atoms with Gasteiger partial charge in [-0.15, -0.1) is 0 Å². The Labute approximate surface area is 140 Å². The van der Waals surface area contributed by atoms with E-state index in [-0.39, 0.29) is 0 Å². The monoisotopic (exact) mass is 323 g/mol. The van der Waals surface area contributed by atoms with Crippen molar-refractivity contribution in [3.8, 4) is 5.75 Å². The van der Waals surface area contributed by atoms with E-state index in [2.05, 4.69) is 0 Å². The summed E-state index contributed by atoms with van der Waals surface area (Å²) in [7, 11) is 1.63. The lowest BCUT2D eigenvalue weighted by Crippen LogP contribution is -2.31. The fraction of sp³-hybridized carbons (Fsp3) is 0.158. The van der Waals surface area contributed by atoms with Crippen molar-refractivity contribution in [1.29, 1.82) is 0 Å². The first-order valence-corrected chi connectivity index (χ1v) is 7.51. The third-order valence-corrected chi connectivity index (χ3v) is 3.70. The molecule has 0 bridgehead atoms. The smallest absolute Gasteiger partial charge is 0.419 e. The highest BCUT2D eigenvalue weighted by Gasteiger charge is 2.27. The molecule has 0 fully saturated rings. The van der Waals surface area contributed by atoms with Crippen LogP contribution in [0.4, 0.5) is 10.5 Å². The summed E-state index contributed by atoms with van der Waals surface area (Å²) in [6.45, 7) is 3.35. The van der Waals surface area contributed by atoms with Gasteiger partial charge >= 0.3 is 12.1 Å². The average molecular weight is 323 g/mol. The molecule has 2 aromatic carbocycles. The number of rotatable bonds is 2. The number of esters is 1. The minimum Gasteiger partial charge on any atom is -0.427 e. The second kappa shape index (κ2) is 6.20. The van der Waals surface area contributed by atoms with E-state index in [9.17, 15) is 9.59 Å². The quantitative estimate of drug-likeness (QED) is 0.619. The van der Waals surface area contributed by atoms with Gasteiger partial charge in [-0.25, -0.2) is 4.79 Å². The van der Waals surface area contributed by atoms with Crippen molar-refractivity contribution in [2.45, 2.75) is 13.8 Å². The molecule has 0 aliphatic carbocycles. The molecule has 1 heterocycles. The number of benzene rings is 2. The molecule has 0 radical (unpaired) electrons. The van der Waals surface area contributed by atoms with Crippen LogP contribution in [0.15, 0.2) is 42.5 Å². The van der Waals surface area contributed by atoms with Crippen LogP contribution in [0.1, 0.15) is 23.6 Å². The van der Waals surface area contributed by atoms with Gasteiger partial charge in [0.25, 0.3) is 0 Å². The zero-order chi connectivity index (χ0) is 17.3. The molecule has 5 nitrogen and oxygen atoms in total. The number of cyclic esters (lactones) is 1. The molecule has 1 amide bonds. The van der Waals surface area contributed by atoms with E-state index < -0.39 is 12.1 Å². The fourth-order valence-electron chi connectivity index (χ4n) is 2.47. The Balaban J connectivity index is 2.08. The Morgan fingerprint density at radius 1 is 1.17 bits per heavy atom.